The van der Waals surface area contributed by atoms with Crippen molar-refractivity contribution in [2.45, 2.75) is 32.8 Å². The first-order chi connectivity index (χ1) is 7.13. The number of aliphatic hydroxyl groups excluding tert-OH is 1. The minimum absolute atomic E-state index is 0.162. The molecule has 0 aromatic carbocycles. The van der Waals surface area contributed by atoms with Crippen molar-refractivity contribution in [3.63, 3.8) is 0 Å². The second kappa shape index (κ2) is 5.16. The Bertz CT molecular complexity index is 274. The van der Waals surface area contributed by atoms with Crippen molar-refractivity contribution in [3.8, 4) is 0 Å². The van der Waals surface area contributed by atoms with E-state index in [9.17, 15) is 9.90 Å². The van der Waals surface area contributed by atoms with Gasteiger partial charge in [0, 0.05) is 20.1 Å². The molecular formula is C11H20N2O2. The predicted molar refractivity (Wildman–Crippen MR) is 59.3 cm³/mol. The van der Waals surface area contributed by atoms with Gasteiger partial charge in [0.15, 0.2) is 6.10 Å². The van der Waals surface area contributed by atoms with Crippen molar-refractivity contribution < 1.29 is 9.90 Å². The van der Waals surface area contributed by atoms with Crippen molar-refractivity contribution in [2.24, 2.45) is 0 Å². The van der Waals surface area contributed by atoms with E-state index in [2.05, 4.69) is 12.2 Å². The van der Waals surface area contributed by atoms with Crippen LogP contribution in [0.5, 0.6) is 0 Å². The van der Waals surface area contributed by atoms with Crippen molar-refractivity contribution in [1.29, 1.82) is 0 Å². The largest absolute Gasteiger partial charge is 0.384 e. The Labute approximate surface area is 91.0 Å². The number of nitrogens with one attached hydrogen (secondary N) is 1. The Morgan fingerprint density at radius 2 is 2.13 bits per heavy atom. The van der Waals surface area contributed by atoms with E-state index >= 15 is 0 Å². The number of Topliss-reactive ketones (excluding diaryl/α,β-unsaturated/α-hetero) is 1. The lowest BCUT2D eigenvalue weighted by Gasteiger charge is -2.34. The molecule has 0 saturated heterocycles. The van der Waals surface area contributed by atoms with Gasteiger partial charge >= 0.3 is 0 Å². The number of aliphatic hydroxyl groups is 1. The lowest BCUT2D eigenvalue weighted by molar-refractivity contribution is -0.126. The summed E-state index contributed by atoms with van der Waals surface area (Å²) < 4.78 is 0. The number of hydrogen-bond acceptors (Lipinski definition) is 4. The van der Waals surface area contributed by atoms with E-state index in [1.165, 1.54) is 0 Å². The third kappa shape index (κ3) is 2.31. The number of carbonyl (C=O) groups is 1. The van der Waals surface area contributed by atoms with Crippen molar-refractivity contribution in [3.05, 3.63) is 11.4 Å². The fraction of sp³-hybridized carbons (Fsp3) is 0.727. The Hall–Kier alpha value is -1.03. The van der Waals surface area contributed by atoms with E-state index in [1.807, 2.05) is 18.9 Å². The molecule has 1 aliphatic carbocycles. The number of nitrogens with zero attached hydrogens (tertiary/aromatic N) is 1. The minimum Gasteiger partial charge on any atom is -0.384 e. The van der Waals surface area contributed by atoms with Gasteiger partial charge in [0.1, 0.15) is 5.70 Å². The molecule has 1 aliphatic rings. The smallest absolute Gasteiger partial charge is 0.215 e. The second-order valence-electron chi connectivity index (χ2n) is 3.83. The van der Waals surface area contributed by atoms with Crippen LogP contribution in [0.15, 0.2) is 11.4 Å². The highest BCUT2D eigenvalue weighted by atomic mass is 16.3. The summed E-state index contributed by atoms with van der Waals surface area (Å²) in [6, 6.07) is 0. The Kier molecular flexibility index (Phi) is 4.15. The number of likely N-dealkylation sites (N-methyl/N-ethyl adjacent to an activating group) is 2. The Morgan fingerprint density at radius 1 is 1.47 bits per heavy atom. The molecule has 0 spiro atoms. The molecule has 4 heteroatoms. The molecule has 0 amide bonds. The highest BCUT2D eigenvalue weighted by molar-refractivity contribution is 6.07. The summed E-state index contributed by atoms with van der Waals surface area (Å²) in [4.78, 5) is 13.4. The normalized spacial score (nSPS) is 20.3. The van der Waals surface area contributed by atoms with Crippen molar-refractivity contribution in [2.75, 3.05) is 20.1 Å². The standard InChI is InChI=1S/C11H20N2O2/c1-4-6-7-13(3)9-8(12-5-2)10(14)11(9)15/h10,12,14H,4-7H2,1-3H3. The quantitative estimate of drug-likeness (QED) is 0.672. The molecule has 4 nitrogen and oxygen atoms in total. The average Bonchev–Trinajstić information content (AvgIpc) is 2.25. The van der Waals surface area contributed by atoms with Gasteiger partial charge in [-0.3, -0.25) is 4.79 Å². The number of ketones is 1. The SMILES string of the molecule is CCCCN(C)C1=C(NCC)C(O)C1=O. The molecular weight excluding hydrogens is 192 g/mol. The summed E-state index contributed by atoms with van der Waals surface area (Å²) in [5.74, 6) is -0.162. The van der Waals surface area contributed by atoms with E-state index in [4.69, 9.17) is 0 Å². The third-order valence-electron chi connectivity index (χ3n) is 2.61. The predicted octanol–water partition coefficient (Wildman–Crippen LogP) is 0.483. The lowest BCUT2D eigenvalue weighted by Crippen LogP contribution is -2.48. The Balaban J connectivity index is 2.68. The van der Waals surface area contributed by atoms with Crippen molar-refractivity contribution in [1.82, 2.24) is 10.2 Å². The van der Waals surface area contributed by atoms with E-state index in [0.29, 0.717) is 11.4 Å². The molecule has 1 atom stereocenters. The molecule has 1 rings (SSSR count). The fourth-order valence-electron chi connectivity index (χ4n) is 1.72. The van der Waals surface area contributed by atoms with Crippen LogP contribution in [0.3, 0.4) is 0 Å². The van der Waals surface area contributed by atoms with Crippen LogP contribution in [0.2, 0.25) is 0 Å². The second-order valence-corrected chi connectivity index (χ2v) is 3.83. The van der Waals surface area contributed by atoms with Gasteiger partial charge < -0.3 is 15.3 Å². The van der Waals surface area contributed by atoms with Crippen LogP contribution in [0, 0.1) is 0 Å². The summed E-state index contributed by atoms with van der Waals surface area (Å²) in [7, 11) is 1.89. The highest BCUT2D eigenvalue weighted by Gasteiger charge is 2.39. The van der Waals surface area contributed by atoms with Gasteiger partial charge in [-0.1, -0.05) is 13.3 Å². The molecule has 15 heavy (non-hydrogen) atoms. The number of carbonyl (C=O) groups excluding carboxylic acids is 1. The van der Waals surface area contributed by atoms with Crippen molar-refractivity contribution >= 4 is 5.78 Å². The first-order valence-corrected chi connectivity index (χ1v) is 5.54. The molecule has 0 bridgehead atoms. The Morgan fingerprint density at radius 3 is 2.67 bits per heavy atom. The molecule has 86 valence electrons. The van der Waals surface area contributed by atoms with Gasteiger partial charge in [0.2, 0.25) is 5.78 Å². The monoisotopic (exact) mass is 212 g/mol. The lowest BCUT2D eigenvalue weighted by atomic mass is 9.94. The highest BCUT2D eigenvalue weighted by Crippen LogP contribution is 2.25. The number of unbranched alkanes of at least 4 members (excludes halogenated alkanes) is 1. The van der Waals surface area contributed by atoms with Gasteiger partial charge in [0.05, 0.1) is 5.70 Å². The summed E-state index contributed by atoms with van der Waals surface area (Å²) in [6.07, 6.45) is 1.23. The topological polar surface area (TPSA) is 52.6 Å². The summed E-state index contributed by atoms with van der Waals surface area (Å²) in [6.45, 7) is 5.65. The molecule has 0 aliphatic heterocycles. The zero-order chi connectivity index (χ0) is 11.4. The van der Waals surface area contributed by atoms with E-state index in [1.54, 1.807) is 0 Å². The molecule has 0 aromatic rings. The average molecular weight is 212 g/mol. The van der Waals surface area contributed by atoms with Crippen LogP contribution in [-0.4, -0.2) is 42.0 Å². The summed E-state index contributed by atoms with van der Waals surface area (Å²) in [5, 5.41) is 12.5. The van der Waals surface area contributed by atoms with E-state index in [0.717, 1.165) is 25.9 Å². The van der Waals surface area contributed by atoms with Crippen LogP contribution in [0.25, 0.3) is 0 Å². The van der Waals surface area contributed by atoms with E-state index < -0.39 is 6.10 Å². The maximum Gasteiger partial charge on any atom is 0.215 e. The first-order valence-electron chi connectivity index (χ1n) is 5.54. The van der Waals surface area contributed by atoms with Crippen LogP contribution in [0.4, 0.5) is 0 Å². The van der Waals surface area contributed by atoms with Crippen LogP contribution in [-0.2, 0) is 4.79 Å². The van der Waals surface area contributed by atoms with Crippen LogP contribution < -0.4 is 5.32 Å². The molecule has 0 fully saturated rings. The maximum atomic E-state index is 11.5. The molecule has 0 radical (unpaired) electrons. The summed E-state index contributed by atoms with van der Waals surface area (Å²) >= 11 is 0. The molecule has 2 N–H and O–H groups in total. The summed E-state index contributed by atoms with van der Waals surface area (Å²) in [5.41, 5.74) is 1.33. The molecule has 0 aromatic heterocycles. The van der Waals surface area contributed by atoms with Gasteiger partial charge in [-0.15, -0.1) is 0 Å². The third-order valence-corrected chi connectivity index (χ3v) is 2.61. The van der Waals surface area contributed by atoms with Gasteiger partial charge in [-0.05, 0) is 13.3 Å². The molecule has 0 saturated carbocycles. The van der Waals surface area contributed by atoms with Gasteiger partial charge in [-0.25, -0.2) is 0 Å². The fourth-order valence-corrected chi connectivity index (χ4v) is 1.72. The molecule has 0 heterocycles. The van der Waals surface area contributed by atoms with Gasteiger partial charge in [-0.2, -0.15) is 0 Å². The zero-order valence-electron chi connectivity index (χ0n) is 9.71. The first kappa shape index (κ1) is 12.0. The number of rotatable bonds is 6. The molecule has 1 unspecified atom stereocenters. The van der Waals surface area contributed by atoms with Gasteiger partial charge in [0.25, 0.3) is 0 Å². The van der Waals surface area contributed by atoms with Crippen LogP contribution >= 0.6 is 0 Å². The van der Waals surface area contributed by atoms with E-state index in [-0.39, 0.29) is 5.78 Å². The maximum absolute atomic E-state index is 11.5. The zero-order valence-corrected chi connectivity index (χ0v) is 9.71. The minimum atomic E-state index is -0.927. The van der Waals surface area contributed by atoms with Crippen LogP contribution in [0.1, 0.15) is 26.7 Å². The number of hydrogen-bond donors (Lipinski definition) is 2.